The van der Waals surface area contributed by atoms with Gasteiger partial charge in [0, 0.05) is 13.7 Å². The number of amides is 1. The van der Waals surface area contributed by atoms with Gasteiger partial charge in [-0.05, 0) is 30.7 Å². The van der Waals surface area contributed by atoms with Crippen molar-refractivity contribution in [1.82, 2.24) is 9.88 Å². The van der Waals surface area contributed by atoms with E-state index in [0.29, 0.717) is 25.3 Å². The number of likely N-dealkylation sites (tertiary alicyclic amines) is 1. The molecule has 0 bridgehead atoms. The van der Waals surface area contributed by atoms with Crippen molar-refractivity contribution < 1.29 is 23.1 Å². The van der Waals surface area contributed by atoms with E-state index in [0.717, 1.165) is 0 Å². The molecule has 1 aliphatic heterocycles. The van der Waals surface area contributed by atoms with E-state index in [2.05, 4.69) is 4.98 Å². The Balaban J connectivity index is 1.63. The number of ether oxygens (including phenoxy) is 2. The second-order valence-corrected chi connectivity index (χ2v) is 5.47. The van der Waals surface area contributed by atoms with Gasteiger partial charge in [0.15, 0.2) is 6.39 Å². The molecule has 1 aliphatic rings. The van der Waals surface area contributed by atoms with E-state index in [1.54, 1.807) is 24.1 Å². The Morgan fingerprint density at radius 2 is 2.22 bits per heavy atom. The van der Waals surface area contributed by atoms with Crippen LogP contribution in [0.2, 0.25) is 0 Å². The first-order chi connectivity index (χ1) is 11.1. The maximum Gasteiger partial charge on any atom is 0.291 e. The number of halogens is 1. The molecule has 0 saturated carbocycles. The molecule has 1 fully saturated rings. The molecule has 23 heavy (non-hydrogen) atoms. The SMILES string of the molecule is CO[C@]1(COc2ccc(F)cc2)CCN(C(=O)c2cnco2)C1. The van der Waals surface area contributed by atoms with Crippen LogP contribution < -0.4 is 4.74 Å². The largest absolute Gasteiger partial charge is 0.491 e. The van der Waals surface area contributed by atoms with E-state index in [9.17, 15) is 9.18 Å². The Hall–Kier alpha value is -2.41. The van der Waals surface area contributed by atoms with Gasteiger partial charge in [-0.1, -0.05) is 0 Å². The number of carbonyl (C=O) groups excluding carboxylic acids is 1. The van der Waals surface area contributed by atoms with Gasteiger partial charge in [0.2, 0.25) is 5.76 Å². The van der Waals surface area contributed by atoms with E-state index in [4.69, 9.17) is 13.9 Å². The molecule has 6 nitrogen and oxygen atoms in total. The second-order valence-electron chi connectivity index (χ2n) is 5.47. The van der Waals surface area contributed by atoms with Crippen LogP contribution in [0.5, 0.6) is 5.75 Å². The normalized spacial score (nSPS) is 20.7. The molecular formula is C16H17FN2O4. The topological polar surface area (TPSA) is 64.8 Å². The van der Waals surface area contributed by atoms with Crippen molar-refractivity contribution in [3.05, 3.63) is 48.4 Å². The van der Waals surface area contributed by atoms with Gasteiger partial charge in [-0.2, -0.15) is 0 Å². The third-order valence-corrected chi connectivity index (χ3v) is 4.00. The fourth-order valence-corrected chi connectivity index (χ4v) is 2.58. The van der Waals surface area contributed by atoms with Gasteiger partial charge in [-0.3, -0.25) is 4.79 Å². The van der Waals surface area contributed by atoms with Crippen LogP contribution in [0, 0.1) is 5.82 Å². The van der Waals surface area contributed by atoms with Gasteiger partial charge in [-0.25, -0.2) is 9.37 Å². The number of carbonyl (C=O) groups is 1. The first-order valence-corrected chi connectivity index (χ1v) is 7.23. The van der Waals surface area contributed by atoms with E-state index in [1.165, 1.54) is 24.7 Å². The number of methoxy groups -OCH3 is 1. The molecular weight excluding hydrogens is 303 g/mol. The smallest absolute Gasteiger partial charge is 0.291 e. The molecule has 0 spiro atoms. The summed E-state index contributed by atoms with van der Waals surface area (Å²) < 4.78 is 29.2. The molecule has 122 valence electrons. The number of oxazole rings is 1. The Morgan fingerprint density at radius 3 is 2.87 bits per heavy atom. The van der Waals surface area contributed by atoms with E-state index < -0.39 is 5.60 Å². The lowest BCUT2D eigenvalue weighted by atomic mass is 10.0. The monoisotopic (exact) mass is 320 g/mol. The quantitative estimate of drug-likeness (QED) is 0.844. The van der Waals surface area contributed by atoms with Crippen molar-refractivity contribution in [3.8, 4) is 5.75 Å². The zero-order valence-corrected chi connectivity index (χ0v) is 12.7. The first-order valence-electron chi connectivity index (χ1n) is 7.23. The summed E-state index contributed by atoms with van der Waals surface area (Å²) in [6.07, 6.45) is 3.26. The summed E-state index contributed by atoms with van der Waals surface area (Å²) in [7, 11) is 1.59. The summed E-state index contributed by atoms with van der Waals surface area (Å²) in [6.45, 7) is 1.21. The number of aromatic nitrogens is 1. The third kappa shape index (κ3) is 3.34. The maximum atomic E-state index is 12.9. The van der Waals surface area contributed by atoms with Crippen LogP contribution in [-0.2, 0) is 4.74 Å². The van der Waals surface area contributed by atoms with Crippen LogP contribution in [0.3, 0.4) is 0 Å². The molecule has 1 atom stereocenters. The molecule has 1 aromatic heterocycles. The van der Waals surface area contributed by atoms with Crippen molar-refractivity contribution in [2.45, 2.75) is 12.0 Å². The van der Waals surface area contributed by atoms with Crippen LogP contribution in [0.1, 0.15) is 17.0 Å². The van der Waals surface area contributed by atoms with Crippen molar-refractivity contribution >= 4 is 5.91 Å². The second kappa shape index (κ2) is 6.37. The molecule has 0 unspecified atom stereocenters. The van der Waals surface area contributed by atoms with Gasteiger partial charge >= 0.3 is 0 Å². The zero-order chi connectivity index (χ0) is 16.3. The van der Waals surface area contributed by atoms with Gasteiger partial charge in [0.25, 0.3) is 5.91 Å². The minimum absolute atomic E-state index is 0.205. The lowest BCUT2D eigenvalue weighted by Gasteiger charge is -2.27. The van der Waals surface area contributed by atoms with E-state index >= 15 is 0 Å². The molecule has 2 aromatic rings. The fourth-order valence-electron chi connectivity index (χ4n) is 2.58. The molecule has 3 rings (SSSR count). The lowest BCUT2D eigenvalue weighted by molar-refractivity contribution is -0.0344. The highest BCUT2D eigenvalue weighted by Gasteiger charge is 2.41. The van der Waals surface area contributed by atoms with Crippen molar-refractivity contribution in [2.24, 2.45) is 0 Å². The summed E-state index contributed by atoms with van der Waals surface area (Å²) in [5, 5.41) is 0. The van der Waals surface area contributed by atoms with Gasteiger partial charge in [0.1, 0.15) is 23.8 Å². The predicted molar refractivity (Wildman–Crippen MR) is 78.7 cm³/mol. The Kier molecular flexibility index (Phi) is 4.29. The number of hydrogen-bond acceptors (Lipinski definition) is 5. The Bertz CT molecular complexity index is 659. The summed E-state index contributed by atoms with van der Waals surface area (Å²) in [4.78, 5) is 17.7. The minimum atomic E-state index is -0.593. The number of hydrogen-bond donors (Lipinski definition) is 0. The lowest BCUT2D eigenvalue weighted by Crippen LogP contribution is -2.42. The summed E-state index contributed by atoms with van der Waals surface area (Å²) in [5.41, 5.74) is -0.593. The third-order valence-electron chi connectivity index (χ3n) is 4.00. The molecule has 0 aliphatic carbocycles. The maximum absolute atomic E-state index is 12.9. The van der Waals surface area contributed by atoms with Gasteiger partial charge in [-0.15, -0.1) is 0 Å². The highest BCUT2D eigenvalue weighted by Crippen LogP contribution is 2.27. The highest BCUT2D eigenvalue weighted by atomic mass is 19.1. The summed E-state index contributed by atoms with van der Waals surface area (Å²) >= 11 is 0. The highest BCUT2D eigenvalue weighted by molar-refractivity contribution is 5.91. The standard InChI is InChI=1S/C16H17FN2O4/c1-21-16(10-22-13-4-2-12(17)3-5-13)6-7-19(9-16)15(20)14-8-18-11-23-14/h2-5,8,11H,6-7,9-10H2,1H3/t16-/m1/s1. The average Bonchev–Trinajstić information content (AvgIpc) is 3.24. The van der Waals surface area contributed by atoms with Gasteiger partial charge < -0.3 is 18.8 Å². The number of benzene rings is 1. The molecule has 0 radical (unpaired) electrons. The Labute approximate surface area is 132 Å². The summed E-state index contributed by atoms with van der Waals surface area (Å²) in [5.74, 6) is 0.228. The number of rotatable bonds is 5. The molecule has 7 heteroatoms. The predicted octanol–water partition coefficient (Wildman–Crippen LogP) is 2.12. The van der Waals surface area contributed by atoms with Crippen molar-refractivity contribution in [1.29, 1.82) is 0 Å². The molecule has 1 aromatic carbocycles. The molecule has 0 N–H and O–H groups in total. The van der Waals surface area contributed by atoms with E-state index in [1.807, 2.05) is 0 Å². The Morgan fingerprint density at radius 1 is 1.43 bits per heavy atom. The average molecular weight is 320 g/mol. The zero-order valence-electron chi connectivity index (χ0n) is 12.7. The van der Waals surface area contributed by atoms with Crippen LogP contribution in [0.25, 0.3) is 0 Å². The fraction of sp³-hybridized carbons (Fsp3) is 0.375. The van der Waals surface area contributed by atoms with Crippen LogP contribution in [0.4, 0.5) is 4.39 Å². The molecule has 1 saturated heterocycles. The van der Waals surface area contributed by atoms with Crippen molar-refractivity contribution in [3.63, 3.8) is 0 Å². The minimum Gasteiger partial charge on any atom is -0.491 e. The van der Waals surface area contributed by atoms with Crippen LogP contribution in [0.15, 0.2) is 41.3 Å². The number of nitrogens with zero attached hydrogens (tertiary/aromatic N) is 2. The van der Waals surface area contributed by atoms with Crippen LogP contribution in [-0.4, -0.2) is 48.2 Å². The van der Waals surface area contributed by atoms with E-state index in [-0.39, 0.29) is 24.1 Å². The molecule has 1 amide bonds. The van der Waals surface area contributed by atoms with Gasteiger partial charge in [0.05, 0.1) is 12.7 Å². The van der Waals surface area contributed by atoms with Crippen molar-refractivity contribution in [2.75, 3.05) is 26.8 Å². The van der Waals surface area contributed by atoms with Crippen LogP contribution >= 0.6 is 0 Å². The first kappa shape index (κ1) is 15.5. The molecule has 2 heterocycles. The summed E-state index contributed by atoms with van der Waals surface area (Å²) in [6, 6.07) is 5.79.